The molecule has 1 aromatic carbocycles. The van der Waals surface area contributed by atoms with Crippen LogP contribution in [0.2, 0.25) is 0 Å². The molecule has 1 heterocycles. The van der Waals surface area contributed by atoms with E-state index in [1.54, 1.807) is 12.5 Å². The van der Waals surface area contributed by atoms with Gasteiger partial charge in [-0.2, -0.15) is 0 Å². The fourth-order valence-electron chi connectivity index (χ4n) is 1.54. The summed E-state index contributed by atoms with van der Waals surface area (Å²) in [6.45, 7) is 2.91. The van der Waals surface area contributed by atoms with Crippen LogP contribution in [0.4, 0.5) is 0 Å². The van der Waals surface area contributed by atoms with Crippen LogP contribution in [-0.2, 0) is 6.54 Å². The van der Waals surface area contributed by atoms with Gasteiger partial charge in [-0.15, -0.1) is 0 Å². The summed E-state index contributed by atoms with van der Waals surface area (Å²) in [6, 6.07) is 12.6. The topological polar surface area (TPSA) is 37.8 Å². The SMILES string of the molecule is C[C@H](NCc1ccncn1)c1ccccc1. The van der Waals surface area contributed by atoms with Crippen LogP contribution in [0.5, 0.6) is 0 Å². The molecule has 0 spiro atoms. The van der Waals surface area contributed by atoms with Crippen LogP contribution >= 0.6 is 0 Å². The highest BCUT2D eigenvalue weighted by atomic mass is 14.9. The molecule has 0 saturated carbocycles. The van der Waals surface area contributed by atoms with Crippen molar-refractivity contribution in [2.24, 2.45) is 0 Å². The Morgan fingerprint density at radius 3 is 2.69 bits per heavy atom. The number of rotatable bonds is 4. The fourth-order valence-corrected chi connectivity index (χ4v) is 1.54. The van der Waals surface area contributed by atoms with Gasteiger partial charge in [-0.05, 0) is 18.6 Å². The molecule has 16 heavy (non-hydrogen) atoms. The van der Waals surface area contributed by atoms with Gasteiger partial charge in [0.05, 0.1) is 5.69 Å². The summed E-state index contributed by atoms with van der Waals surface area (Å²) in [7, 11) is 0. The smallest absolute Gasteiger partial charge is 0.115 e. The lowest BCUT2D eigenvalue weighted by molar-refractivity contribution is 0.567. The zero-order valence-electron chi connectivity index (χ0n) is 9.30. The van der Waals surface area contributed by atoms with Crippen molar-refractivity contribution >= 4 is 0 Å². The molecule has 0 radical (unpaired) electrons. The number of aromatic nitrogens is 2. The molecule has 2 aromatic rings. The lowest BCUT2D eigenvalue weighted by atomic mass is 10.1. The average Bonchev–Trinajstić information content (AvgIpc) is 2.38. The molecule has 82 valence electrons. The Bertz CT molecular complexity index is 414. The zero-order valence-corrected chi connectivity index (χ0v) is 9.30. The van der Waals surface area contributed by atoms with Crippen LogP contribution in [0.25, 0.3) is 0 Å². The van der Waals surface area contributed by atoms with Crippen molar-refractivity contribution < 1.29 is 0 Å². The van der Waals surface area contributed by atoms with Crippen LogP contribution in [0.3, 0.4) is 0 Å². The first-order valence-corrected chi connectivity index (χ1v) is 5.39. The van der Waals surface area contributed by atoms with E-state index in [2.05, 4.69) is 46.5 Å². The highest BCUT2D eigenvalue weighted by Gasteiger charge is 2.03. The third kappa shape index (κ3) is 2.87. The predicted octanol–water partition coefficient (Wildman–Crippen LogP) is 2.33. The highest BCUT2D eigenvalue weighted by Crippen LogP contribution is 2.11. The number of hydrogen-bond acceptors (Lipinski definition) is 3. The molecule has 0 amide bonds. The van der Waals surface area contributed by atoms with Gasteiger partial charge in [-0.25, -0.2) is 9.97 Å². The second-order valence-electron chi connectivity index (χ2n) is 3.71. The van der Waals surface area contributed by atoms with Gasteiger partial charge in [0, 0.05) is 18.8 Å². The van der Waals surface area contributed by atoms with Gasteiger partial charge < -0.3 is 5.32 Å². The van der Waals surface area contributed by atoms with Crippen LogP contribution in [0, 0.1) is 0 Å². The summed E-state index contributed by atoms with van der Waals surface area (Å²) < 4.78 is 0. The van der Waals surface area contributed by atoms with Gasteiger partial charge in [0.2, 0.25) is 0 Å². The maximum Gasteiger partial charge on any atom is 0.115 e. The van der Waals surface area contributed by atoms with Crippen LogP contribution in [0.1, 0.15) is 24.2 Å². The predicted molar refractivity (Wildman–Crippen MR) is 63.7 cm³/mol. The standard InChI is InChI=1S/C13H15N3/c1-11(12-5-3-2-4-6-12)15-9-13-7-8-14-10-16-13/h2-8,10-11,15H,9H2,1H3/t11-/m0/s1. The Labute approximate surface area is 95.6 Å². The molecule has 2 rings (SSSR count). The van der Waals surface area contributed by atoms with Gasteiger partial charge in [0.1, 0.15) is 6.33 Å². The summed E-state index contributed by atoms with van der Waals surface area (Å²) in [5.74, 6) is 0. The van der Waals surface area contributed by atoms with E-state index in [9.17, 15) is 0 Å². The molecule has 0 aliphatic carbocycles. The van der Waals surface area contributed by atoms with Crippen molar-refractivity contribution in [2.45, 2.75) is 19.5 Å². The zero-order chi connectivity index (χ0) is 11.2. The molecule has 0 saturated heterocycles. The minimum absolute atomic E-state index is 0.330. The van der Waals surface area contributed by atoms with E-state index in [0.717, 1.165) is 12.2 Å². The Balaban J connectivity index is 1.92. The van der Waals surface area contributed by atoms with Crippen molar-refractivity contribution in [3.05, 3.63) is 60.2 Å². The van der Waals surface area contributed by atoms with Gasteiger partial charge in [-0.3, -0.25) is 0 Å². The molecule has 3 nitrogen and oxygen atoms in total. The Hall–Kier alpha value is -1.74. The maximum absolute atomic E-state index is 4.17. The van der Waals surface area contributed by atoms with E-state index >= 15 is 0 Å². The van der Waals surface area contributed by atoms with E-state index in [1.165, 1.54) is 5.56 Å². The van der Waals surface area contributed by atoms with Crippen molar-refractivity contribution in [1.82, 2.24) is 15.3 Å². The van der Waals surface area contributed by atoms with E-state index in [0.29, 0.717) is 6.04 Å². The molecule has 0 aliphatic rings. The van der Waals surface area contributed by atoms with Gasteiger partial charge in [-0.1, -0.05) is 30.3 Å². The van der Waals surface area contributed by atoms with Gasteiger partial charge in [0.15, 0.2) is 0 Å². The molecule has 0 fully saturated rings. The summed E-state index contributed by atoms with van der Waals surface area (Å²) in [4.78, 5) is 8.06. The molecule has 1 atom stereocenters. The van der Waals surface area contributed by atoms with Gasteiger partial charge >= 0.3 is 0 Å². The highest BCUT2D eigenvalue weighted by molar-refractivity contribution is 5.18. The summed E-state index contributed by atoms with van der Waals surface area (Å²) in [5, 5.41) is 3.42. The van der Waals surface area contributed by atoms with E-state index < -0.39 is 0 Å². The molecule has 3 heteroatoms. The maximum atomic E-state index is 4.17. The molecule has 0 aliphatic heterocycles. The lowest BCUT2D eigenvalue weighted by Crippen LogP contribution is -2.18. The molecule has 0 bridgehead atoms. The number of nitrogens with zero attached hydrogens (tertiary/aromatic N) is 2. The van der Waals surface area contributed by atoms with Crippen molar-refractivity contribution in [3.8, 4) is 0 Å². The van der Waals surface area contributed by atoms with E-state index in [-0.39, 0.29) is 0 Å². The van der Waals surface area contributed by atoms with Crippen molar-refractivity contribution in [3.63, 3.8) is 0 Å². The minimum atomic E-state index is 0.330. The number of nitrogens with one attached hydrogen (secondary N) is 1. The summed E-state index contributed by atoms with van der Waals surface area (Å²) >= 11 is 0. The first-order valence-electron chi connectivity index (χ1n) is 5.39. The third-order valence-corrected chi connectivity index (χ3v) is 2.53. The van der Waals surface area contributed by atoms with Crippen LogP contribution < -0.4 is 5.32 Å². The minimum Gasteiger partial charge on any atom is -0.305 e. The Morgan fingerprint density at radius 2 is 2.00 bits per heavy atom. The summed E-state index contributed by atoms with van der Waals surface area (Å²) in [5.41, 5.74) is 2.30. The summed E-state index contributed by atoms with van der Waals surface area (Å²) in [6.07, 6.45) is 3.33. The molecular weight excluding hydrogens is 198 g/mol. The first kappa shape index (κ1) is 10.8. The monoisotopic (exact) mass is 213 g/mol. The largest absolute Gasteiger partial charge is 0.305 e. The van der Waals surface area contributed by atoms with Crippen molar-refractivity contribution in [2.75, 3.05) is 0 Å². The molecular formula is C13H15N3. The lowest BCUT2D eigenvalue weighted by Gasteiger charge is -2.13. The Kier molecular flexibility index (Phi) is 3.62. The van der Waals surface area contributed by atoms with Gasteiger partial charge in [0.25, 0.3) is 0 Å². The second-order valence-corrected chi connectivity index (χ2v) is 3.71. The normalized spacial score (nSPS) is 12.3. The van der Waals surface area contributed by atoms with E-state index in [1.807, 2.05) is 12.1 Å². The fraction of sp³-hybridized carbons (Fsp3) is 0.231. The van der Waals surface area contributed by atoms with E-state index in [4.69, 9.17) is 0 Å². The van der Waals surface area contributed by atoms with Crippen LogP contribution in [0.15, 0.2) is 48.9 Å². The van der Waals surface area contributed by atoms with Crippen molar-refractivity contribution in [1.29, 1.82) is 0 Å². The second kappa shape index (κ2) is 5.37. The molecule has 1 aromatic heterocycles. The third-order valence-electron chi connectivity index (χ3n) is 2.53. The molecule has 1 N–H and O–H groups in total. The van der Waals surface area contributed by atoms with Crippen LogP contribution in [-0.4, -0.2) is 9.97 Å². The number of hydrogen-bond donors (Lipinski definition) is 1. The average molecular weight is 213 g/mol. The first-order chi connectivity index (χ1) is 7.86. The Morgan fingerprint density at radius 1 is 1.19 bits per heavy atom. The number of benzene rings is 1. The quantitative estimate of drug-likeness (QED) is 0.847. The molecule has 0 unspecified atom stereocenters.